The molecule has 2 aromatic carbocycles. The zero-order valence-corrected chi connectivity index (χ0v) is 14.4. The zero-order chi connectivity index (χ0) is 15.6. The van der Waals surface area contributed by atoms with Crippen LogP contribution in [-0.4, -0.2) is 8.42 Å². The number of sulfonamides is 1. The maximum atomic E-state index is 12.4. The van der Waals surface area contributed by atoms with Crippen molar-refractivity contribution < 1.29 is 8.42 Å². The quantitative estimate of drug-likeness (QED) is 0.786. The average molecular weight is 390 g/mol. The molecule has 0 aliphatic heterocycles. The molecule has 3 N–H and O–H groups in total. The predicted molar refractivity (Wildman–Crippen MR) is 88.8 cm³/mol. The van der Waals surface area contributed by atoms with E-state index in [1.807, 2.05) is 24.3 Å². The molecule has 0 aliphatic carbocycles. The van der Waals surface area contributed by atoms with E-state index < -0.39 is 10.0 Å². The van der Waals surface area contributed by atoms with Crippen molar-refractivity contribution in [3.63, 3.8) is 0 Å². The third kappa shape index (κ3) is 3.77. The molecular formula is C14H14BrClN2O2S. The van der Waals surface area contributed by atoms with Gasteiger partial charge in [-0.25, -0.2) is 13.1 Å². The number of halogens is 2. The molecule has 2 aromatic rings. The van der Waals surface area contributed by atoms with Gasteiger partial charge in [-0.3, -0.25) is 0 Å². The molecule has 0 spiro atoms. The Labute approximate surface area is 137 Å². The van der Waals surface area contributed by atoms with Crippen molar-refractivity contribution in [1.29, 1.82) is 0 Å². The highest BCUT2D eigenvalue weighted by atomic mass is 79.9. The fourth-order valence-corrected chi connectivity index (χ4v) is 3.76. The first-order valence-corrected chi connectivity index (χ1v) is 8.75. The second-order valence-corrected chi connectivity index (χ2v) is 7.55. The van der Waals surface area contributed by atoms with Gasteiger partial charge in [0.15, 0.2) is 0 Å². The largest absolute Gasteiger partial charge is 0.397 e. The normalized spacial score (nSPS) is 11.6. The van der Waals surface area contributed by atoms with Crippen LogP contribution in [0.25, 0.3) is 0 Å². The van der Waals surface area contributed by atoms with Crippen LogP contribution in [0.4, 0.5) is 5.69 Å². The molecule has 2 rings (SSSR count). The second kappa shape index (κ2) is 6.36. The van der Waals surface area contributed by atoms with Gasteiger partial charge < -0.3 is 5.73 Å². The van der Waals surface area contributed by atoms with E-state index in [4.69, 9.17) is 17.3 Å². The molecule has 0 saturated carbocycles. The lowest BCUT2D eigenvalue weighted by Gasteiger charge is -2.11. The number of hydrogen-bond acceptors (Lipinski definition) is 3. The highest BCUT2D eigenvalue weighted by Crippen LogP contribution is 2.26. The number of nitrogen functional groups attached to an aromatic ring is 1. The number of aryl methyl sites for hydroxylation is 1. The van der Waals surface area contributed by atoms with Crippen molar-refractivity contribution in [1.82, 2.24) is 4.72 Å². The molecule has 0 heterocycles. The molecule has 0 unspecified atom stereocenters. The topological polar surface area (TPSA) is 72.2 Å². The first-order chi connectivity index (χ1) is 9.81. The fraction of sp³-hybridized carbons (Fsp3) is 0.143. The summed E-state index contributed by atoms with van der Waals surface area (Å²) in [4.78, 5) is 0.136. The SMILES string of the molecule is Cc1cc(Cl)c(N)cc1S(=O)(=O)NCc1ccccc1Br. The van der Waals surface area contributed by atoms with E-state index in [0.717, 1.165) is 10.0 Å². The smallest absolute Gasteiger partial charge is 0.241 e. The minimum Gasteiger partial charge on any atom is -0.397 e. The molecule has 0 bridgehead atoms. The Hall–Kier alpha value is -1.08. The first-order valence-electron chi connectivity index (χ1n) is 6.10. The van der Waals surface area contributed by atoms with E-state index in [9.17, 15) is 8.42 Å². The van der Waals surface area contributed by atoms with Crippen LogP contribution in [0.2, 0.25) is 5.02 Å². The zero-order valence-electron chi connectivity index (χ0n) is 11.2. The maximum absolute atomic E-state index is 12.4. The van der Waals surface area contributed by atoms with Gasteiger partial charge in [-0.2, -0.15) is 0 Å². The van der Waals surface area contributed by atoms with Crippen LogP contribution in [0, 0.1) is 6.92 Å². The Kier molecular flexibility index (Phi) is 4.93. The molecule has 0 amide bonds. The van der Waals surface area contributed by atoms with Gasteiger partial charge in [-0.05, 0) is 36.2 Å². The third-order valence-corrected chi connectivity index (χ3v) is 5.64. The Bertz CT molecular complexity index is 779. The lowest BCUT2D eigenvalue weighted by atomic mass is 10.2. The second-order valence-electron chi connectivity index (χ2n) is 4.56. The van der Waals surface area contributed by atoms with E-state index in [1.54, 1.807) is 13.0 Å². The lowest BCUT2D eigenvalue weighted by Crippen LogP contribution is -2.24. The number of benzene rings is 2. The van der Waals surface area contributed by atoms with Crippen molar-refractivity contribution >= 4 is 43.2 Å². The van der Waals surface area contributed by atoms with Gasteiger partial charge in [0.1, 0.15) is 0 Å². The molecule has 7 heteroatoms. The molecule has 0 radical (unpaired) electrons. The van der Waals surface area contributed by atoms with Gasteiger partial charge >= 0.3 is 0 Å². The van der Waals surface area contributed by atoms with Gasteiger partial charge in [0, 0.05) is 11.0 Å². The standard InChI is InChI=1S/C14H14BrClN2O2S/c1-9-6-12(16)13(17)7-14(9)21(19,20)18-8-10-4-2-3-5-11(10)15/h2-7,18H,8,17H2,1H3. The number of nitrogens with one attached hydrogen (secondary N) is 1. The van der Waals surface area contributed by atoms with Crippen molar-refractivity contribution in [2.45, 2.75) is 18.4 Å². The molecule has 0 aromatic heterocycles. The van der Waals surface area contributed by atoms with Crippen molar-refractivity contribution in [3.8, 4) is 0 Å². The van der Waals surface area contributed by atoms with Crippen molar-refractivity contribution in [3.05, 3.63) is 57.0 Å². The summed E-state index contributed by atoms with van der Waals surface area (Å²) in [5.74, 6) is 0. The molecule has 0 aliphatic rings. The van der Waals surface area contributed by atoms with Gasteiger partial charge in [0.25, 0.3) is 0 Å². The van der Waals surface area contributed by atoms with Crippen LogP contribution < -0.4 is 10.5 Å². The van der Waals surface area contributed by atoms with E-state index in [2.05, 4.69) is 20.7 Å². The Morgan fingerprint density at radius 1 is 1.29 bits per heavy atom. The molecule has 0 fully saturated rings. The maximum Gasteiger partial charge on any atom is 0.241 e. The highest BCUT2D eigenvalue weighted by Gasteiger charge is 2.18. The van der Waals surface area contributed by atoms with E-state index in [1.165, 1.54) is 6.07 Å². The Morgan fingerprint density at radius 2 is 1.95 bits per heavy atom. The summed E-state index contributed by atoms with van der Waals surface area (Å²) in [6.07, 6.45) is 0. The van der Waals surface area contributed by atoms with Crippen LogP contribution >= 0.6 is 27.5 Å². The number of anilines is 1. The van der Waals surface area contributed by atoms with Crippen LogP contribution in [0.1, 0.15) is 11.1 Å². The van der Waals surface area contributed by atoms with Crippen molar-refractivity contribution in [2.75, 3.05) is 5.73 Å². The van der Waals surface area contributed by atoms with Gasteiger partial charge in [0.05, 0.1) is 15.6 Å². The minimum atomic E-state index is -3.65. The van der Waals surface area contributed by atoms with Gasteiger partial charge in [0.2, 0.25) is 10.0 Å². The number of rotatable bonds is 4. The first kappa shape index (κ1) is 16.3. The molecule has 4 nitrogen and oxygen atoms in total. The van der Waals surface area contributed by atoms with Crippen LogP contribution in [-0.2, 0) is 16.6 Å². The third-order valence-electron chi connectivity index (χ3n) is 2.99. The summed E-state index contributed by atoms with van der Waals surface area (Å²) in [6.45, 7) is 1.87. The van der Waals surface area contributed by atoms with Crippen molar-refractivity contribution in [2.24, 2.45) is 0 Å². The summed E-state index contributed by atoms with van der Waals surface area (Å²) in [5.41, 5.74) is 7.32. The van der Waals surface area contributed by atoms with Crippen LogP contribution in [0.5, 0.6) is 0 Å². The van der Waals surface area contributed by atoms with E-state index >= 15 is 0 Å². The molecular weight excluding hydrogens is 376 g/mol. The predicted octanol–water partition coefficient (Wildman–Crippen LogP) is 3.47. The summed E-state index contributed by atoms with van der Waals surface area (Å²) >= 11 is 9.27. The monoisotopic (exact) mass is 388 g/mol. The van der Waals surface area contributed by atoms with Gasteiger partial charge in [-0.1, -0.05) is 45.7 Å². The molecule has 21 heavy (non-hydrogen) atoms. The number of nitrogens with two attached hydrogens (primary N) is 1. The summed E-state index contributed by atoms with van der Waals surface area (Å²) in [6, 6.07) is 10.3. The molecule has 112 valence electrons. The Morgan fingerprint density at radius 3 is 2.62 bits per heavy atom. The number of hydrogen-bond donors (Lipinski definition) is 2. The average Bonchev–Trinajstić information content (AvgIpc) is 2.42. The van der Waals surface area contributed by atoms with Gasteiger partial charge in [-0.15, -0.1) is 0 Å². The minimum absolute atomic E-state index is 0.136. The summed E-state index contributed by atoms with van der Waals surface area (Å²) in [5, 5.41) is 0.345. The fourth-order valence-electron chi connectivity index (χ4n) is 1.85. The summed E-state index contributed by atoms with van der Waals surface area (Å²) < 4.78 is 28.2. The molecule has 0 saturated heterocycles. The van der Waals surface area contributed by atoms with E-state index in [-0.39, 0.29) is 17.1 Å². The lowest BCUT2D eigenvalue weighted by molar-refractivity contribution is 0.580. The Balaban J connectivity index is 2.27. The van der Waals surface area contributed by atoms with Crippen LogP contribution in [0.15, 0.2) is 45.8 Å². The molecule has 0 atom stereocenters. The highest BCUT2D eigenvalue weighted by molar-refractivity contribution is 9.10. The summed E-state index contributed by atoms with van der Waals surface area (Å²) in [7, 11) is -3.65. The van der Waals surface area contributed by atoms with E-state index in [0.29, 0.717) is 10.6 Å². The van der Waals surface area contributed by atoms with Crippen LogP contribution in [0.3, 0.4) is 0 Å².